The minimum Gasteiger partial charge on any atom is -0.366 e. The molecule has 1 saturated heterocycles. The Bertz CT molecular complexity index is 553. The van der Waals surface area contributed by atoms with Crippen molar-refractivity contribution in [1.29, 1.82) is 0 Å². The van der Waals surface area contributed by atoms with Gasteiger partial charge < -0.3 is 25.8 Å². The van der Waals surface area contributed by atoms with Gasteiger partial charge in [-0.25, -0.2) is 0 Å². The van der Waals surface area contributed by atoms with Crippen LogP contribution >= 0.6 is 12.2 Å². The van der Waals surface area contributed by atoms with Crippen LogP contribution in [0.4, 0.5) is 5.69 Å². The highest BCUT2D eigenvalue weighted by Crippen LogP contribution is 2.13. The van der Waals surface area contributed by atoms with Gasteiger partial charge >= 0.3 is 0 Å². The van der Waals surface area contributed by atoms with E-state index in [9.17, 15) is 9.90 Å². The standard InChI is InChI=1S/C17H25N3O3S/c1-11(2)10-14(15(21)19-13-8-9-23-16(13)22)20-17(24)18-12-6-4-3-5-7-12/h3-7,11,13-14,16,22H,8-10H2,1-2H3,(H,19,21)(H2,18,20,24)/t13-,14-,16?/m0/s1. The summed E-state index contributed by atoms with van der Waals surface area (Å²) < 4.78 is 5.07. The van der Waals surface area contributed by atoms with Crippen molar-refractivity contribution in [3.8, 4) is 0 Å². The molecule has 24 heavy (non-hydrogen) atoms. The fraction of sp³-hybridized carbons (Fsp3) is 0.529. The van der Waals surface area contributed by atoms with E-state index in [0.29, 0.717) is 30.5 Å². The van der Waals surface area contributed by atoms with E-state index in [1.54, 1.807) is 0 Å². The summed E-state index contributed by atoms with van der Waals surface area (Å²) in [7, 11) is 0. The lowest BCUT2D eigenvalue weighted by atomic mass is 10.0. The van der Waals surface area contributed by atoms with E-state index in [1.807, 2.05) is 44.2 Å². The summed E-state index contributed by atoms with van der Waals surface area (Å²) in [6, 6.07) is 8.70. The van der Waals surface area contributed by atoms with Crippen LogP contribution in [0.2, 0.25) is 0 Å². The smallest absolute Gasteiger partial charge is 0.242 e. The lowest BCUT2D eigenvalue weighted by Gasteiger charge is -2.24. The van der Waals surface area contributed by atoms with Crippen LogP contribution in [0.3, 0.4) is 0 Å². The quantitative estimate of drug-likeness (QED) is 0.583. The molecule has 4 N–H and O–H groups in total. The van der Waals surface area contributed by atoms with E-state index in [4.69, 9.17) is 17.0 Å². The average Bonchev–Trinajstić information content (AvgIpc) is 2.92. The Morgan fingerprint density at radius 3 is 2.67 bits per heavy atom. The SMILES string of the molecule is CC(C)C[C@H](NC(=S)Nc1ccccc1)C(=O)N[C@H]1CCOC1O. The number of aliphatic hydroxyl groups excluding tert-OH is 1. The highest BCUT2D eigenvalue weighted by molar-refractivity contribution is 7.80. The molecule has 0 aromatic heterocycles. The van der Waals surface area contributed by atoms with Crippen molar-refractivity contribution < 1.29 is 14.6 Å². The first-order valence-electron chi connectivity index (χ1n) is 8.18. The molecule has 1 aliphatic rings. The van der Waals surface area contributed by atoms with Gasteiger partial charge in [-0.2, -0.15) is 0 Å². The number of aliphatic hydroxyl groups is 1. The number of rotatable bonds is 6. The van der Waals surface area contributed by atoms with Crippen molar-refractivity contribution in [3.05, 3.63) is 30.3 Å². The molecule has 132 valence electrons. The number of thiocarbonyl (C=S) groups is 1. The maximum Gasteiger partial charge on any atom is 0.242 e. The molecule has 0 saturated carbocycles. The summed E-state index contributed by atoms with van der Waals surface area (Å²) in [5.41, 5.74) is 0.860. The molecule has 1 aromatic rings. The van der Waals surface area contributed by atoms with Crippen molar-refractivity contribution in [2.45, 2.75) is 45.1 Å². The second kappa shape index (κ2) is 8.96. The van der Waals surface area contributed by atoms with E-state index >= 15 is 0 Å². The molecule has 0 aliphatic carbocycles. The van der Waals surface area contributed by atoms with E-state index in [-0.39, 0.29) is 11.9 Å². The maximum absolute atomic E-state index is 12.5. The maximum atomic E-state index is 12.5. The lowest BCUT2D eigenvalue weighted by Crippen LogP contribution is -2.52. The van der Waals surface area contributed by atoms with E-state index in [0.717, 1.165) is 5.69 Å². The Balaban J connectivity index is 1.93. The normalized spacial score (nSPS) is 21.3. The number of amides is 1. The van der Waals surface area contributed by atoms with Gasteiger partial charge in [0.25, 0.3) is 0 Å². The molecule has 1 aliphatic heterocycles. The molecule has 0 spiro atoms. The van der Waals surface area contributed by atoms with Crippen LogP contribution in [-0.4, -0.2) is 41.1 Å². The number of ether oxygens (including phenoxy) is 1. The number of anilines is 1. The number of nitrogens with one attached hydrogen (secondary N) is 3. The van der Waals surface area contributed by atoms with Crippen LogP contribution in [-0.2, 0) is 9.53 Å². The van der Waals surface area contributed by atoms with Crippen LogP contribution in [0.25, 0.3) is 0 Å². The zero-order valence-corrected chi connectivity index (χ0v) is 14.8. The van der Waals surface area contributed by atoms with Crippen LogP contribution in [0.5, 0.6) is 0 Å². The molecule has 2 rings (SSSR count). The molecule has 1 heterocycles. The van der Waals surface area contributed by atoms with Crippen molar-refractivity contribution in [3.63, 3.8) is 0 Å². The molecule has 1 unspecified atom stereocenters. The van der Waals surface area contributed by atoms with Gasteiger partial charge in [0.05, 0.1) is 12.6 Å². The van der Waals surface area contributed by atoms with E-state index in [2.05, 4.69) is 16.0 Å². The Kier molecular flexibility index (Phi) is 6.96. The van der Waals surface area contributed by atoms with E-state index in [1.165, 1.54) is 0 Å². The fourth-order valence-electron chi connectivity index (χ4n) is 2.55. The Morgan fingerprint density at radius 2 is 2.08 bits per heavy atom. The monoisotopic (exact) mass is 351 g/mol. The zero-order chi connectivity index (χ0) is 17.5. The second-order valence-electron chi connectivity index (χ2n) is 6.31. The van der Waals surface area contributed by atoms with Crippen LogP contribution in [0.1, 0.15) is 26.7 Å². The van der Waals surface area contributed by atoms with Crippen LogP contribution < -0.4 is 16.0 Å². The van der Waals surface area contributed by atoms with Gasteiger partial charge in [0, 0.05) is 5.69 Å². The van der Waals surface area contributed by atoms with Gasteiger partial charge in [-0.1, -0.05) is 32.0 Å². The molecular weight excluding hydrogens is 326 g/mol. The summed E-state index contributed by atoms with van der Waals surface area (Å²) >= 11 is 5.31. The number of carbonyl (C=O) groups is 1. The molecule has 1 aromatic carbocycles. The van der Waals surface area contributed by atoms with Gasteiger partial charge in [-0.15, -0.1) is 0 Å². The summed E-state index contributed by atoms with van der Waals surface area (Å²) in [5, 5.41) is 19.1. The highest BCUT2D eigenvalue weighted by atomic mass is 32.1. The molecule has 7 heteroatoms. The molecule has 0 radical (unpaired) electrons. The summed E-state index contributed by atoms with van der Waals surface area (Å²) in [6.07, 6.45) is 0.295. The number of carbonyl (C=O) groups excluding carboxylic acids is 1. The molecule has 6 nitrogen and oxygen atoms in total. The first kappa shape index (κ1) is 18.6. The van der Waals surface area contributed by atoms with Gasteiger partial charge in [-0.3, -0.25) is 4.79 Å². The summed E-state index contributed by atoms with van der Waals surface area (Å²) in [5.74, 6) is 0.132. The minimum atomic E-state index is -0.942. The summed E-state index contributed by atoms with van der Waals surface area (Å²) in [6.45, 7) is 4.54. The second-order valence-corrected chi connectivity index (χ2v) is 6.72. The van der Waals surface area contributed by atoms with Crippen molar-refractivity contribution in [2.75, 3.05) is 11.9 Å². The third-order valence-corrected chi connectivity index (χ3v) is 3.97. The Morgan fingerprint density at radius 1 is 1.38 bits per heavy atom. The molecular formula is C17H25N3O3S. The Labute approximate surface area is 148 Å². The predicted octanol–water partition coefficient (Wildman–Crippen LogP) is 1.61. The average molecular weight is 351 g/mol. The van der Waals surface area contributed by atoms with Crippen LogP contribution in [0, 0.1) is 5.92 Å². The fourth-order valence-corrected chi connectivity index (χ4v) is 2.81. The minimum absolute atomic E-state index is 0.185. The third-order valence-electron chi connectivity index (χ3n) is 3.75. The molecule has 1 amide bonds. The lowest BCUT2D eigenvalue weighted by molar-refractivity contribution is -0.127. The summed E-state index contributed by atoms with van der Waals surface area (Å²) in [4.78, 5) is 12.5. The zero-order valence-electron chi connectivity index (χ0n) is 14.0. The largest absolute Gasteiger partial charge is 0.366 e. The van der Waals surface area contributed by atoms with Gasteiger partial charge in [-0.05, 0) is 43.1 Å². The predicted molar refractivity (Wildman–Crippen MR) is 97.5 cm³/mol. The molecule has 0 bridgehead atoms. The highest BCUT2D eigenvalue weighted by Gasteiger charge is 2.30. The number of hydrogen-bond acceptors (Lipinski definition) is 4. The van der Waals surface area contributed by atoms with Gasteiger partial charge in [0.15, 0.2) is 11.4 Å². The first-order chi connectivity index (χ1) is 11.5. The number of hydrogen-bond donors (Lipinski definition) is 4. The number of para-hydroxylation sites is 1. The molecule has 3 atom stereocenters. The topological polar surface area (TPSA) is 82.6 Å². The first-order valence-corrected chi connectivity index (χ1v) is 8.59. The number of benzene rings is 1. The van der Waals surface area contributed by atoms with Gasteiger partial charge in [0.2, 0.25) is 5.91 Å². The third kappa shape index (κ3) is 5.74. The van der Waals surface area contributed by atoms with Crippen LogP contribution in [0.15, 0.2) is 30.3 Å². The molecule has 1 fully saturated rings. The van der Waals surface area contributed by atoms with Crippen molar-refractivity contribution in [1.82, 2.24) is 10.6 Å². The van der Waals surface area contributed by atoms with E-state index < -0.39 is 12.3 Å². The van der Waals surface area contributed by atoms with Crippen molar-refractivity contribution >= 4 is 28.9 Å². The van der Waals surface area contributed by atoms with Gasteiger partial charge in [0.1, 0.15) is 6.04 Å². The Hall–Kier alpha value is -1.70. The van der Waals surface area contributed by atoms with Crippen molar-refractivity contribution in [2.24, 2.45) is 5.92 Å².